The molecule has 0 aromatic carbocycles. The van der Waals surface area contributed by atoms with Crippen molar-refractivity contribution in [3.05, 3.63) is 21.9 Å². The molecule has 1 aliphatic heterocycles. The predicted octanol–water partition coefficient (Wildman–Crippen LogP) is 1.69. The molecule has 0 saturated carbocycles. The van der Waals surface area contributed by atoms with Gasteiger partial charge in [0, 0.05) is 51.0 Å². The van der Waals surface area contributed by atoms with Crippen molar-refractivity contribution in [1.29, 1.82) is 0 Å². The summed E-state index contributed by atoms with van der Waals surface area (Å²) in [6.45, 7) is 5.05. The Morgan fingerprint density at radius 1 is 1.57 bits per heavy atom. The van der Waals surface area contributed by atoms with Crippen LogP contribution >= 0.6 is 11.3 Å². The summed E-state index contributed by atoms with van der Waals surface area (Å²) in [5.41, 5.74) is 1.21. The molecule has 1 fully saturated rings. The second-order valence-electron chi connectivity index (χ2n) is 5.97. The van der Waals surface area contributed by atoms with E-state index in [9.17, 15) is 9.59 Å². The van der Waals surface area contributed by atoms with Gasteiger partial charge in [0.1, 0.15) is 0 Å². The van der Waals surface area contributed by atoms with Gasteiger partial charge in [0.25, 0.3) is 0 Å². The lowest BCUT2D eigenvalue weighted by Gasteiger charge is -2.20. The number of rotatable bonds is 7. The van der Waals surface area contributed by atoms with Crippen molar-refractivity contribution < 1.29 is 14.3 Å². The van der Waals surface area contributed by atoms with Gasteiger partial charge in [0.2, 0.25) is 5.91 Å². The second-order valence-corrected chi connectivity index (χ2v) is 6.97. The molecule has 2 heterocycles. The first-order valence-corrected chi connectivity index (χ1v) is 8.68. The van der Waals surface area contributed by atoms with E-state index in [1.165, 1.54) is 10.4 Å². The van der Waals surface area contributed by atoms with Gasteiger partial charge in [-0.05, 0) is 23.9 Å². The SMILES string of the molecule is COCCN1C[C@H](CNC(=O)N(C)Cc2sccc2C)CC1=O. The Bertz CT molecular complexity index is 546. The first-order valence-electron chi connectivity index (χ1n) is 7.80. The molecule has 3 amide bonds. The summed E-state index contributed by atoms with van der Waals surface area (Å²) < 4.78 is 5.01. The molecule has 1 aromatic rings. The van der Waals surface area contributed by atoms with E-state index in [0.717, 1.165) is 0 Å². The minimum atomic E-state index is -0.0967. The molecule has 0 bridgehead atoms. The Labute approximate surface area is 141 Å². The number of likely N-dealkylation sites (tertiary alicyclic amines) is 1. The summed E-state index contributed by atoms with van der Waals surface area (Å²) in [5, 5.41) is 4.97. The van der Waals surface area contributed by atoms with Crippen LogP contribution in [0.5, 0.6) is 0 Å². The van der Waals surface area contributed by atoms with E-state index in [4.69, 9.17) is 4.74 Å². The molecule has 1 atom stereocenters. The Morgan fingerprint density at radius 3 is 3.00 bits per heavy atom. The monoisotopic (exact) mass is 339 g/mol. The van der Waals surface area contributed by atoms with Crippen LogP contribution in [0.4, 0.5) is 4.79 Å². The number of nitrogens with zero attached hydrogens (tertiary/aromatic N) is 2. The molecular formula is C16H25N3O3S. The highest BCUT2D eigenvalue weighted by Crippen LogP contribution is 2.18. The van der Waals surface area contributed by atoms with E-state index >= 15 is 0 Å². The van der Waals surface area contributed by atoms with Crippen LogP contribution < -0.4 is 5.32 Å². The first kappa shape index (κ1) is 17.7. The number of methoxy groups -OCH3 is 1. The average Bonchev–Trinajstić information content (AvgIpc) is 3.08. The Morgan fingerprint density at radius 2 is 2.35 bits per heavy atom. The zero-order valence-corrected chi connectivity index (χ0v) is 14.8. The van der Waals surface area contributed by atoms with Gasteiger partial charge >= 0.3 is 6.03 Å². The standard InChI is InChI=1S/C16H25N3O3S/c1-12-4-7-23-14(12)11-18(2)16(21)17-9-13-8-15(20)19(10-13)5-6-22-3/h4,7,13H,5-6,8-11H2,1-3H3,(H,17,21)/t13-/m0/s1. The fraction of sp³-hybridized carbons (Fsp3) is 0.625. The predicted molar refractivity (Wildman–Crippen MR) is 90.5 cm³/mol. The van der Waals surface area contributed by atoms with Gasteiger partial charge in [-0.1, -0.05) is 0 Å². The number of urea groups is 1. The minimum absolute atomic E-state index is 0.0967. The van der Waals surface area contributed by atoms with Crippen LogP contribution in [0.3, 0.4) is 0 Å². The smallest absolute Gasteiger partial charge is 0.317 e. The molecule has 0 aliphatic carbocycles. The fourth-order valence-electron chi connectivity index (χ4n) is 2.63. The Balaban J connectivity index is 1.74. The number of nitrogens with one attached hydrogen (secondary N) is 1. The molecule has 128 valence electrons. The maximum absolute atomic E-state index is 12.2. The Hall–Kier alpha value is -1.60. The van der Waals surface area contributed by atoms with Crippen molar-refractivity contribution >= 4 is 23.3 Å². The average molecular weight is 339 g/mol. The number of hydrogen-bond acceptors (Lipinski definition) is 4. The van der Waals surface area contributed by atoms with Crippen LogP contribution in [-0.4, -0.2) is 62.1 Å². The lowest BCUT2D eigenvalue weighted by Crippen LogP contribution is -2.39. The molecule has 1 aromatic heterocycles. The second kappa shape index (κ2) is 8.31. The van der Waals surface area contributed by atoms with Crippen LogP contribution in [0.15, 0.2) is 11.4 Å². The van der Waals surface area contributed by atoms with E-state index in [2.05, 4.69) is 18.3 Å². The minimum Gasteiger partial charge on any atom is -0.383 e. The number of hydrogen-bond donors (Lipinski definition) is 1. The van der Waals surface area contributed by atoms with Gasteiger partial charge in [0.05, 0.1) is 13.2 Å². The number of aryl methyl sites for hydroxylation is 1. The molecule has 6 nitrogen and oxygen atoms in total. The molecular weight excluding hydrogens is 314 g/mol. The van der Waals surface area contributed by atoms with Gasteiger partial charge in [-0.2, -0.15) is 0 Å². The molecule has 23 heavy (non-hydrogen) atoms. The van der Waals surface area contributed by atoms with Crippen molar-refractivity contribution in [2.45, 2.75) is 19.9 Å². The first-order chi connectivity index (χ1) is 11.0. The van der Waals surface area contributed by atoms with Gasteiger partial charge < -0.3 is 19.9 Å². The largest absolute Gasteiger partial charge is 0.383 e. The lowest BCUT2D eigenvalue weighted by atomic mass is 10.1. The van der Waals surface area contributed by atoms with Crippen LogP contribution in [0.1, 0.15) is 16.9 Å². The molecule has 1 saturated heterocycles. The maximum Gasteiger partial charge on any atom is 0.317 e. The highest BCUT2D eigenvalue weighted by molar-refractivity contribution is 7.10. The van der Waals surface area contributed by atoms with Crippen molar-refractivity contribution in [3.63, 3.8) is 0 Å². The van der Waals surface area contributed by atoms with E-state index in [1.807, 2.05) is 5.38 Å². The van der Waals surface area contributed by atoms with Crippen LogP contribution in [0.25, 0.3) is 0 Å². The Kier molecular flexibility index (Phi) is 6.41. The van der Waals surface area contributed by atoms with E-state index < -0.39 is 0 Å². The van der Waals surface area contributed by atoms with Gasteiger partial charge in [-0.3, -0.25) is 4.79 Å². The zero-order chi connectivity index (χ0) is 16.8. The summed E-state index contributed by atoms with van der Waals surface area (Å²) in [5.74, 6) is 0.323. The third-order valence-corrected chi connectivity index (χ3v) is 5.11. The van der Waals surface area contributed by atoms with Crippen LogP contribution in [0, 0.1) is 12.8 Å². The molecule has 1 N–H and O–H groups in total. The summed E-state index contributed by atoms with van der Waals surface area (Å²) >= 11 is 1.66. The molecule has 0 radical (unpaired) electrons. The van der Waals surface area contributed by atoms with Crippen LogP contribution in [-0.2, 0) is 16.1 Å². The topological polar surface area (TPSA) is 61.9 Å². The lowest BCUT2D eigenvalue weighted by molar-refractivity contribution is -0.128. The van der Waals surface area contributed by atoms with Gasteiger partial charge in [-0.15, -0.1) is 11.3 Å². The molecule has 2 rings (SSSR count). The van der Waals surface area contributed by atoms with Crippen molar-refractivity contribution in [2.75, 3.05) is 40.4 Å². The highest BCUT2D eigenvalue weighted by atomic mass is 32.1. The number of thiophene rings is 1. The van der Waals surface area contributed by atoms with E-state index in [0.29, 0.717) is 39.2 Å². The molecule has 0 unspecified atom stereocenters. The van der Waals surface area contributed by atoms with Crippen molar-refractivity contribution in [1.82, 2.24) is 15.1 Å². The quantitative estimate of drug-likeness (QED) is 0.822. The summed E-state index contributed by atoms with van der Waals surface area (Å²) in [6.07, 6.45) is 0.498. The third kappa shape index (κ3) is 4.94. The summed E-state index contributed by atoms with van der Waals surface area (Å²) in [6, 6.07) is 1.96. The zero-order valence-electron chi connectivity index (χ0n) is 14.0. The van der Waals surface area contributed by atoms with E-state index in [1.54, 1.807) is 35.3 Å². The number of carbonyl (C=O) groups is 2. The van der Waals surface area contributed by atoms with Crippen LogP contribution in [0.2, 0.25) is 0 Å². The number of ether oxygens (including phenoxy) is 1. The molecule has 7 heteroatoms. The molecule has 0 spiro atoms. The summed E-state index contributed by atoms with van der Waals surface area (Å²) in [7, 11) is 3.42. The van der Waals surface area contributed by atoms with Crippen molar-refractivity contribution in [3.8, 4) is 0 Å². The van der Waals surface area contributed by atoms with Crippen molar-refractivity contribution in [2.24, 2.45) is 5.92 Å². The highest BCUT2D eigenvalue weighted by Gasteiger charge is 2.29. The van der Waals surface area contributed by atoms with Gasteiger partial charge in [-0.25, -0.2) is 4.79 Å². The fourth-order valence-corrected chi connectivity index (χ4v) is 3.59. The normalized spacial score (nSPS) is 17.6. The number of amides is 3. The third-order valence-electron chi connectivity index (χ3n) is 4.10. The number of carbonyl (C=O) groups excluding carboxylic acids is 2. The maximum atomic E-state index is 12.2. The summed E-state index contributed by atoms with van der Waals surface area (Å²) in [4.78, 5) is 28.7. The van der Waals surface area contributed by atoms with E-state index in [-0.39, 0.29) is 17.9 Å². The molecule has 1 aliphatic rings. The van der Waals surface area contributed by atoms with Gasteiger partial charge in [0.15, 0.2) is 0 Å².